The summed E-state index contributed by atoms with van der Waals surface area (Å²) in [6.07, 6.45) is 0. The van der Waals surface area contributed by atoms with Crippen molar-refractivity contribution in [2.45, 2.75) is 13.1 Å². The third kappa shape index (κ3) is 3.36. The smallest absolute Gasteiger partial charge is 0.274 e. The maximum Gasteiger partial charge on any atom is 0.274 e. The van der Waals surface area contributed by atoms with Crippen LogP contribution in [0.2, 0.25) is 13.1 Å². The molecule has 0 bridgehead atoms. The number of carbonyl (C=O) groups excluding carboxylic acids is 2. The van der Waals surface area contributed by atoms with E-state index in [9.17, 15) is 9.59 Å². The van der Waals surface area contributed by atoms with Crippen molar-refractivity contribution in [2.24, 2.45) is 0 Å². The Morgan fingerprint density at radius 1 is 0.793 bits per heavy atom. The summed E-state index contributed by atoms with van der Waals surface area (Å²) < 4.78 is 12.3. The van der Waals surface area contributed by atoms with Gasteiger partial charge in [0.1, 0.15) is 5.75 Å². The van der Waals surface area contributed by atoms with Crippen LogP contribution in [0.25, 0.3) is 11.1 Å². The van der Waals surface area contributed by atoms with Gasteiger partial charge >= 0.3 is 0 Å². The summed E-state index contributed by atoms with van der Waals surface area (Å²) in [5.41, 5.74) is 8.03. The number of fused-ring (bicyclic) bond motifs is 1. The fourth-order valence-electron chi connectivity index (χ4n) is 3.30. The van der Waals surface area contributed by atoms with E-state index in [1.807, 2.05) is 61.6 Å². The second-order valence-electron chi connectivity index (χ2n) is 6.77. The molecular weight excluding hydrogens is 384 g/mol. The molecule has 145 valence electrons. The molecule has 1 aliphatic heterocycles. The van der Waals surface area contributed by atoms with E-state index in [0.29, 0.717) is 17.1 Å². The van der Waals surface area contributed by atoms with E-state index >= 15 is 0 Å². The minimum absolute atomic E-state index is 0.0881. The van der Waals surface area contributed by atoms with Crippen molar-refractivity contribution in [1.29, 1.82) is 0 Å². The number of nitrogen functional groups attached to an aromatic ring is 1. The first-order valence-corrected chi connectivity index (χ1v) is 11.5. The Bertz CT molecular complexity index is 1100. The van der Waals surface area contributed by atoms with Gasteiger partial charge in [-0.3, -0.25) is 14.9 Å². The van der Waals surface area contributed by atoms with Gasteiger partial charge in [-0.25, -0.2) is 0 Å². The molecular formula is C22H19N2O4Si. The molecule has 0 spiro atoms. The highest BCUT2D eigenvalue weighted by molar-refractivity contribution is 6.49. The molecule has 7 heteroatoms. The van der Waals surface area contributed by atoms with Crippen LogP contribution in [-0.2, 0) is 0 Å². The molecule has 4 rings (SSSR count). The van der Waals surface area contributed by atoms with Gasteiger partial charge in [-0.15, -0.1) is 0 Å². The molecule has 6 nitrogen and oxygen atoms in total. The number of amides is 2. The largest absolute Gasteiger partial charge is 0.540 e. The number of ether oxygens (including phenoxy) is 1. The monoisotopic (exact) mass is 403 g/mol. The summed E-state index contributed by atoms with van der Waals surface area (Å²) in [7, 11) is -1.25. The zero-order valence-corrected chi connectivity index (χ0v) is 17.0. The Hall–Kier alpha value is -3.58. The van der Waals surface area contributed by atoms with Crippen LogP contribution in [-0.4, -0.2) is 20.9 Å². The lowest BCUT2D eigenvalue weighted by Crippen LogP contribution is -2.20. The Morgan fingerprint density at radius 3 is 2.00 bits per heavy atom. The van der Waals surface area contributed by atoms with Gasteiger partial charge in [0.15, 0.2) is 11.5 Å². The summed E-state index contributed by atoms with van der Waals surface area (Å²) in [6, 6.07) is 18.4. The highest BCUT2D eigenvalue weighted by Crippen LogP contribution is 2.50. The molecule has 2 amide bonds. The van der Waals surface area contributed by atoms with Crippen LogP contribution in [0.5, 0.6) is 17.2 Å². The van der Waals surface area contributed by atoms with Crippen molar-refractivity contribution < 1.29 is 18.8 Å². The quantitative estimate of drug-likeness (QED) is 0.378. The van der Waals surface area contributed by atoms with Gasteiger partial charge in [-0.1, -0.05) is 48.5 Å². The molecule has 0 saturated heterocycles. The van der Waals surface area contributed by atoms with Crippen molar-refractivity contribution in [3.8, 4) is 28.4 Å². The van der Waals surface area contributed by atoms with Crippen LogP contribution in [0.4, 0.5) is 5.69 Å². The normalized spacial score (nSPS) is 12.7. The Kier molecular flexibility index (Phi) is 4.82. The van der Waals surface area contributed by atoms with Gasteiger partial charge in [-0.2, -0.15) is 0 Å². The van der Waals surface area contributed by atoms with E-state index < -0.39 is 20.9 Å². The zero-order chi connectivity index (χ0) is 20.5. The lowest BCUT2D eigenvalue weighted by molar-refractivity contribution is 0.0880. The predicted molar refractivity (Wildman–Crippen MR) is 113 cm³/mol. The Balaban J connectivity index is 2.06. The Morgan fingerprint density at radius 2 is 1.38 bits per heavy atom. The summed E-state index contributed by atoms with van der Waals surface area (Å²) in [5, 5.41) is 2.34. The lowest BCUT2D eigenvalue weighted by atomic mass is 9.93. The van der Waals surface area contributed by atoms with Gasteiger partial charge in [0, 0.05) is 5.56 Å². The zero-order valence-electron chi connectivity index (χ0n) is 16.0. The molecule has 3 aromatic carbocycles. The summed E-state index contributed by atoms with van der Waals surface area (Å²) >= 11 is 0. The number of imide groups is 1. The van der Waals surface area contributed by atoms with Crippen molar-refractivity contribution in [1.82, 2.24) is 5.32 Å². The Labute approximate surface area is 170 Å². The van der Waals surface area contributed by atoms with Gasteiger partial charge in [0.25, 0.3) is 20.9 Å². The standard InChI is InChI=1S/C22H19N2O4Si/c1-29(2)28-19-15(13-9-5-3-6-10-13)16-17(22(26)24-21(16)25)18(23)20(19)27-14-11-7-4-8-12-14/h3-12H,23H2,1-2H3,(H,24,25,26). The van der Waals surface area contributed by atoms with Crippen molar-refractivity contribution in [2.75, 3.05) is 5.73 Å². The molecule has 1 radical (unpaired) electrons. The number of benzene rings is 3. The first-order chi connectivity index (χ1) is 14.0. The molecule has 29 heavy (non-hydrogen) atoms. The van der Waals surface area contributed by atoms with Crippen molar-refractivity contribution >= 4 is 26.5 Å². The van der Waals surface area contributed by atoms with Crippen LogP contribution >= 0.6 is 0 Å². The predicted octanol–water partition coefficient (Wildman–Crippen LogP) is 4.24. The summed E-state index contributed by atoms with van der Waals surface area (Å²) in [6.45, 7) is 3.95. The van der Waals surface area contributed by atoms with Gasteiger partial charge in [0.2, 0.25) is 0 Å². The van der Waals surface area contributed by atoms with E-state index in [1.165, 1.54) is 0 Å². The molecule has 0 aromatic heterocycles. The number of nitrogens with two attached hydrogens (primary N) is 1. The first-order valence-electron chi connectivity index (χ1n) is 9.08. The number of para-hydroxylation sites is 1. The highest BCUT2D eigenvalue weighted by Gasteiger charge is 2.38. The fraction of sp³-hybridized carbons (Fsp3) is 0.0909. The molecule has 3 aromatic rings. The van der Waals surface area contributed by atoms with E-state index in [2.05, 4.69) is 5.32 Å². The highest BCUT2D eigenvalue weighted by atomic mass is 28.3. The number of hydrogen-bond acceptors (Lipinski definition) is 5. The summed E-state index contributed by atoms with van der Waals surface area (Å²) in [5.74, 6) is 0.133. The van der Waals surface area contributed by atoms with E-state index in [-0.39, 0.29) is 22.6 Å². The van der Waals surface area contributed by atoms with Gasteiger partial charge < -0.3 is 14.9 Å². The van der Waals surface area contributed by atoms with Crippen LogP contribution in [0, 0.1) is 0 Å². The fourth-order valence-corrected chi connectivity index (χ4v) is 3.91. The third-order valence-corrected chi connectivity index (χ3v) is 5.07. The number of nitrogens with one attached hydrogen (secondary N) is 1. The van der Waals surface area contributed by atoms with Crippen molar-refractivity contribution in [3.63, 3.8) is 0 Å². The lowest BCUT2D eigenvalue weighted by Gasteiger charge is -2.22. The molecule has 1 heterocycles. The summed E-state index contributed by atoms with van der Waals surface area (Å²) in [4.78, 5) is 25.2. The maximum absolute atomic E-state index is 12.7. The number of hydrogen-bond donors (Lipinski definition) is 2. The number of rotatable bonds is 5. The van der Waals surface area contributed by atoms with Crippen LogP contribution < -0.4 is 20.2 Å². The number of carbonyl (C=O) groups is 2. The molecule has 0 atom stereocenters. The third-order valence-electron chi connectivity index (χ3n) is 4.46. The molecule has 0 saturated carbocycles. The second kappa shape index (κ2) is 7.44. The SMILES string of the molecule is C[Si](C)Oc1c(Oc2ccccc2)c(N)c2c(c1-c1ccccc1)C(=O)NC2=O. The average molecular weight is 403 g/mol. The van der Waals surface area contributed by atoms with Crippen LogP contribution in [0.3, 0.4) is 0 Å². The van der Waals surface area contributed by atoms with Crippen LogP contribution in [0.1, 0.15) is 20.7 Å². The van der Waals surface area contributed by atoms with Crippen LogP contribution in [0.15, 0.2) is 60.7 Å². The molecule has 1 aliphatic rings. The first kappa shape index (κ1) is 18.8. The average Bonchev–Trinajstić information content (AvgIpc) is 3.00. The number of anilines is 1. The van der Waals surface area contributed by atoms with Crippen molar-refractivity contribution in [3.05, 3.63) is 71.8 Å². The minimum atomic E-state index is -1.25. The van der Waals surface area contributed by atoms with Gasteiger partial charge in [0.05, 0.1) is 16.8 Å². The second-order valence-corrected chi connectivity index (χ2v) is 8.79. The van der Waals surface area contributed by atoms with E-state index in [0.717, 1.165) is 5.56 Å². The maximum atomic E-state index is 12.7. The molecule has 3 N–H and O–H groups in total. The van der Waals surface area contributed by atoms with Gasteiger partial charge in [-0.05, 0) is 30.8 Å². The topological polar surface area (TPSA) is 90.7 Å². The molecule has 0 unspecified atom stereocenters. The molecule has 0 aliphatic carbocycles. The molecule has 0 fully saturated rings. The minimum Gasteiger partial charge on any atom is -0.540 e. The van der Waals surface area contributed by atoms with E-state index in [4.69, 9.17) is 14.9 Å². The van der Waals surface area contributed by atoms with E-state index in [1.54, 1.807) is 12.1 Å².